The SMILES string of the molecule is Nc1c(-c2ccccc2)ccc2c(OCc3ccccc3)cc(C(=O)OCc3ccccc3)nc12. The van der Waals surface area contributed by atoms with Gasteiger partial charge in [-0.05, 0) is 22.8 Å². The van der Waals surface area contributed by atoms with Gasteiger partial charge in [0.05, 0.1) is 11.2 Å². The van der Waals surface area contributed by atoms with Crippen molar-refractivity contribution in [2.45, 2.75) is 13.2 Å². The van der Waals surface area contributed by atoms with Crippen LogP contribution in [-0.2, 0) is 18.0 Å². The van der Waals surface area contributed by atoms with Crippen LogP contribution in [0, 0.1) is 0 Å². The van der Waals surface area contributed by atoms with Gasteiger partial charge in [-0.3, -0.25) is 0 Å². The van der Waals surface area contributed by atoms with Gasteiger partial charge in [0.25, 0.3) is 0 Å². The Bertz CT molecular complexity index is 1450. The van der Waals surface area contributed by atoms with Gasteiger partial charge in [0, 0.05) is 17.0 Å². The largest absolute Gasteiger partial charge is 0.488 e. The van der Waals surface area contributed by atoms with Crippen LogP contribution < -0.4 is 10.5 Å². The summed E-state index contributed by atoms with van der Waals surface area (Å²) >= 11 is 0. The molecule has 0 unspecified atom stereocenters. The topological polar surface area (TPSA) is 74.4 Å². The first-order chi connectivity index (χ1) is 17.2. The number of carbonyl (C=O) groups is 1. The minimum absolute atomic E-state index is 0.147. The second kappa shape index (κ2) is 10.1. The molecule has 35 heavy (non-hydrogen) atoms. The standard InChI is InChI=1S/C30H24N2O3/c31-28-24(23-14-8-3-9-15-23)16-17-25-27(34-19-21-10-4-1-5-11-21)18-26(32-29(25)28)30(33)35-20-22-12-6-2-7-13-22/h1-18H,19-20,31H2. The lowest BCUT2D eigenvalue weighted by Gasteiger charge is -2.15. The van der Waals surface area contributed by atoms with Crippen molar-refractivity contribution in [1.29, 1.82) is 0 Å². The Kier molecular flexibility index (Phi) is 6.39. The number of carbonyl (C=O) groups excluding carboxylic acids is 1. The van der Waals surface area contributed by atoms with Crippen LogP contribution in [0.4, 0.5) is 5.69 Å². The number of aromatic nitrogens is 1. The van der Waals surface area contributed by atoms with Crippen molar-refractivity contribution in [3.8, 4) is 16.9 Å². The number of benzene rings is 4. The zero-order valence-electron chi connectivity index (χ0n) is 19.1. The first-order valence-corrected chi connectivity index (χ1v) is 11.4. The van der Waals surface area contributed by atoms with Crippen LogP contribution in [0.2, 0.25) is 0 Å². The van der Waals surface area contributed by atoms with Gasteiger partial charge in [-0.1, -0.05) is 97.1 Å². The van der Waals surface area contributed by atoms with E-state index in [1.165, 1.54) is 0 Å². The lowest BCUT2D eigenvalue weighted by molar-refractivity contribution is 0.0465. The van der Waals surface area contributed by atoms with E-state index in [9.17, 15) is 4.79 Å². The third-order valence-corrected chi connectivity index (χ3v) is 5.73. The molecule has 5 rings (SSSR count). The Morgan fingerprint density at radius 1 is 0.743 bits per heavy atom. The van der Waals surface area contributed by atoms with Gasteiger partial charge in [0.2, 0.25) is 0 Å². The van der Waals surface area contributed by atoms with Crippen LogP contribution in [0.5, 0.6) is 5.75 Å². The maximum Gasteiger partial charge on any atom is 0.357 e. The fourth-order valence-electron chi connectivity index (χ4n) is 3.91. The van der Waals surface area contributed by atoms with Gasteiger partial charge in [0.1, 0.15) is 19.0 Å². The molecule has 172 valence electrons. The highest BCUT2D eigenvalue weighted by atomic mass is 16.5. The number of fused-ring (bicyclic) bond motifs is 1. The quantitative estimate of drug-likeness (QED) is 0.224. The predicted molar refractivity (Wildman–Crippen MR) is 138 cm³/mol. The van der Waals surface area contributed by atoms with E-state index in [0.717, 1.165) is 27.6 Å². The summed E-state index contributed by atoms with van der Waals surface area (Å²) in [4.78, 5) is 17.6. The molecule has 1 heterocycles. The van der Waals surface area contributed by atoms with E-state index < -0.39 is 5.97 Å². The molecular weight excluding hydrogens is 436 g/mol. The van der Waals surface area contributed by atoms with Crippen LogP contribution in [0.1, 0.15) is 21.6 Å². The summed E-state index contributed by atoms with van der Waals surface area (Å²) in [7, 11) is 0. The van der Waals surface area contributed by atoms with Gasteiger partial charge in [0.15, 0.2) is 5.69 Å². The van der Waals surface area contributed by atoms with Crippen molar-refractivity contribution in [1.82, 2.24) is 4.98 Å². The molecule has 0 saturated carbocycles. The summed E-state index contributed by atoms with van der Waals surface area (Å²) in [6, 6.07) is 34.7. The number of pyridine rings is 1. The summed E-state index contributed by atoms with van der Waals surface area (Å²) in [6.07, 6.45) is 0. The molecule has 0 aliphatic carbocycles. The van der Waals surface area contributed by atoms with E-state index in [0.29, 0.717) is 23.6 Å². The van der Waals surface area contributed by atoms with E-state index in [4.69, 9.17) is 15.2 Å². The summed E-state index contributed by atoms with van der Waals surface area (Å²) in [5, 5.41) is 0.734. The van der Waals surface area contributed by atoms with Gasteiger partial charge in [-0.15, -0.1) is 0 Å². The molecule has 0 aliphatic heterocycles. The minimum Gasteiger partial charge on any atom is -0.488 e. The number of esters is 1. The van der Waals surface area contributed by atoms with E-state index in [-0.39, 0.29) is 12.3 Å². The maximum absolute atomic E-state index is 13.0. The third kappa shape index (κ3) is 4.99. The number of rotatable bonds is 7. The zero-order valence-corrected chi connectivity index (χ0v) is 19.1. The fourth-order valence-corrected chi connectivity index (χ4v) is 3.91. The van der Waals surface area contributed by atoms with E-state index in [1.54, 1.807) is 6.07 Å². The lowest BCUT2D eigenvalue weighted by Crippen LogP contribution is -2.09. The van der Waals surface area contributed by atoms with Crippen LogP contribution in [0.3, 0.4) is 0 Å². The van der Waals surface area contributed by atoms with Crippen LogP contribution >= 0.6 is 0 Å². The molecule has 2 N–H and O–H groups in total. The molecule has 5 aromatic rings. The monoisotopic (exact) mass is 460 g/mol. The Morgan fingerprint density at radius 2 is 1.34 bits per heavy atom. The molecule has 1 aromatic heterocycles. The van der Waals surface area contributed by atoms with Gasteiger partial charge < -0.3 is 15.2 Å². The number of anilines is 1. The summed E-state index contributed by atoms with van der Waals surface area (Å²) in [5.74, 6) is -0.0124. The second-order valence-corrected chi connectivity index (χ2v) is 8.13. The Morgan fingerprint density at radius 3 is 2.00 bits per heavy atom. The number of nitrogens with two attached hydrogens (primary N) is 1. The third-order valence-electron chi connectivity index (χ3n) is 5.73. The van der Waals surface area contributed by atoms with Gasteiger partial charge in [-0.25, -0.2) is 9.78 Å². The highest BCUT2D eigenvalue weighted by Crippen LogP contribution is 2.36. The number of ether oxygens (including phenoxy) is 2. The van der Waals surface area contributed by atoms with Crippen molar-refractivity contribution in [3.05, 3.63) is 126 Å². The molecule has 0 spiro atoms. The van der Waals surface area contributed by atoms with Crippen molar-refractivity contribution in [2.75, 3.05) is 5.73 Å². The normalized spacial score (nSPS) is 10.7. The molecule has 0 saturated heterocycles. The summed E-state index contributed by atoms with van der Waals surface area (Å²) < 4.78 is 11.7. The van der Waals surface area contributed by atoms with Crippen LogP contribution in [-0.4, -0.2) is 11.0 Å². The Balaban J connectivity index is 1.53. The lowest BCUT2D eigenvalue weighted by atomic mass is 10.0. The molecule has 0 atom stereocenters. The van der Waals surface area contributed by atoms with Gasteiger partial charge in [-0.2, -0.15) is 0 Å². The molecule has 5 nitrogen and oxygen atoms in total. The molecular formula is C30H24N2O3. The smallest absolute Gasteiger partial charge is 0.357 e. The van der Waals surface area contributed by atoms with Crippen molar-refractivity contribution < 1.29 is 14.3 Å². The zero-order chi connectivity index (χ0) is 24.0. The molecule has 5 heteroatoms. The minimum atomic E-state index is -0.537. The molecule has 4 aromatic carbocycles. The number of nitrogen functional groups attached to an aromatic ring is 1. The predicted octanol–water partition coefficient (Wildman–Crippen LogP) is 6.42. The Labute approximate surface area is 203 Å². The molecule has 0 aliphatic rings. The molecule has 0 radical (unpaired) electrons. The number of nitrogens with zero attached hydrogens (tertiary/aromatic N) is 1. The summed E-state index contributed by atoms with van der Waals surface area (Å²) in [6.45, 7) is 0.498. The van der Waals surface area contributed by atoms with E-state index in [1.807, 2.05) is 103 Å². The van der Waals surface area contributed by atoms with E-state index >= 15 is 0 Å². The van der Waals surface area contributed by atoms with Crippen LogP contribution in [0.15, 0.2) is 109 Å². The second-order valence-electron chi connectivity index (χ2n) is 8.13. The average Bonchev–Trinajstić information content (AvgIpc) is 2.92. The van der Waals surface area contributed by atoms with Gasteiger partial charge >= 0.3 is 5.97 Å². The fraction of sp³-hybridized carbons (Fsp3) is 0.0667. The number of hydrogen-bond donors (Lipinski definition) is 1. The van der Waals surface area contributed by atoms with Crippen molar-refractivity contribution in [3.63, 3.8) is 0 Å². The van der Waals surface area contributed by atoms with Crippen molar-refractivity contribution >= 4 is 22.6 Å². The van der Waals surface area contributed by atoms with Crippen molar-refractivity contribution in [2.24, 2.45) is 0 Å². The van der Waals surface area contributed by atoms with Crippen LogP contribution in [0.25, 0.3) is 22.0 Å². The Hall–Kier alpha value is -4.64. The first kappa shape index (κ1) is 22.2. The first-order valence-electron chi connectivity index (χ1n) is 11.4. The molecule has 0 bridgehead atoms. The summed E-state index contributed by atoms with van der Waals surface area (Å²) in [5.41, 5.74) is 11.4. The molecule has 0 fully saturated rings. The number of hydrogen-bond acceptors (Lipinski definition) is 5. The van der Waals surface area contributed by atoms with E-state index in [2.05, 4.69) is 4.98 Å². The highest BCUT2D eigenvalue weighted by Gasteiger charge is 2.18. The average molecular weight is 461 g/mol. The molecule has 0 amide bonds. The maximum atomic E-state index is 13.0. The highest BCUT2D eigenvalue weighted by molar-refractivity contribution is 6.03.